The molecule has 158 valence electrons. The molecule has 0 atom stereocenters. The third kappa shape index (κ3) is 5.25. The predicted octanol–water partition coefficient (Wildman–Crippen LogP) is 3.29. The summed E-state index contributed by atoms with van der Waals surface area (Å²) < 4.78 is 0. The molecule has 7 nitrogen and oxygen atoms in total. The molecule has 0 spiro atoms. The van der Waals surface area contributed by atoms with Gasteiger partial charge in [-0.05, 0) is 67.1 Å². The van der Waals surface area contributed by atoms with Crippen molar-refractivity contribution in [2.75, 3.05) is 23.3 Å². The predicted molar refractivity (Wildman–Crippen MR) is 120 cm³/mol. The minimum Gasteiger partial charge on any atom is -0.366 e. The van der Waals surface area contributed by atoms with Crippen LogP contribution in [0.15, 0.2) is 66.7 Å². The van der Waals surface area contributed by atoms with E-state index in [1.807, 2.05) is 12.1 Å². The first kappa shape index (κ1) is 20.5. The normalized spacial score (nSPS) is 14.3. The maximum atomic E-state index is 12.4. The van der Waals surface area contributed by atoms with E-state index in [0.717, 1.165) is 38.2 Å². The zero-order valence-electron chi connectivity index (χ0n) is 17.2. The van der Waals surface area contributed by atoms with Gasteiger partial charge >= 0.3 is 0 Å². The molecule has 2 aromatic carbocycles. The van der Waals surface area contributed by atoms with E-state index in [0.29, 0.717) is 17.2 Å². The molecule has 1 fully saturated rings. The number of carbonyl (C=O) groups is 2. The average Bonchev–Trinajstić information content (AvgIpc) is 2.81. The fourth-order valence-electron chi connectivity index (χ4n) is 3.84. The van der Waals surface area contributed by atoms with Gasteiger partial charge in [-0.15, -0.1) is 10.2 Å². The van der Waals surface area contributed by atoms with E-state index in [1.54, 1.807) is 30.3 Å². The summed E-state index contributed by atoms with van der Waals surface area (Å²) in [6.45, 7) is 1.87. The summed E-state index contributed by atoms with van der Waals surface area (Å²) in [5, 5.41) is 11.1. The van der Waals surface area contributed by atoms with Crippen molar-refractivity contribution < 1.29 is 9.59 Å². The van der Waals surface area contributed by atoms with Gasteiger partial charge in [0.05, 0.1) is 0 Å². The fourth-order valence-corrected chi connectivity index (χ4v) is 3.84. The highest BCUT2D eigenvalue weighted by molar-refractivity contribution is 6.03. The molecule has 0 saturated carbocycles. The zero-order valence-corrected chi connectivity index (χ0v) is 17.2. The number of benzene rings is 2. The van der Waals surface area contributed by atoms with Gasteiger partial charge in [0.2, 0.25) is 5.91 Å². The van der Waals surface area contributed by atoms with Crippen LogP contribution in [0.3, 0.4) is 0 Å². The van der Waals surface area contributed by atoms with Crippen molar-refractivity contribution in [3.8, 4) is 0 Å². The van der Waals surface area contributed by atoms with Crippen LogP contribution in [0.5, 0.6) is 0 Å². The number of primary amides is 1. The maximum absolute atomic E-state index is 12.4. The first-order valence-electron chi connectivity index (χ1n) is 10.4. The van der Waals surface area contributed by atoms with Crippen molar-refractivity contribution in [2.24, 2.45) is 11.7 Å². The molecule has 0 bridgehead atoms. The number of nitrogens with one attached hydrogen (secondary N) is 1. The van der Waals surface area contributed by atoms with E-state index in [-0.39, 0.29) is 11.6 Å². The van der Waals surface area contributed by atoms with Crippen LogP contribution >= 0.6 is 0 Å². The Morgan fingerprint density at radius 1 is 0.935 bits per heavy atom. The summed E-state index contributed by atoms with van der Waals surface area (Å²) >= 11 is 0. The second-order valence-corrected chi connectivity index (χ2v) is 7.79. The molecule has 2 amide bonds. The number of anilines is 2. The van der Waals surface area contributed by atoms with Crippen molar-refractivity contribution >= 4 is 23.3 Å². The summed E-state index contributed by atoms with van der Waals surface area (Å²) in [4.78, 5) is 25.8. The molecule has 4 rings (SSSR count). The molecular weight excluding hydrogens is 390 g/mol. The molecular formula is C24H25N5O2. The summed E-state index contributed by atoms with van der Waals surface area (Å²) in [5.41, 5.74) is 7.79. The zero-order chi connectivity index (χ0) is 21.6. The largest absolute Gasteiger partial charge is 0.366 e. The Bertz CT molecular complexity index is 1030. The second kappa shape index (κ2) is 9.38. The third-order valence-electron chi connectivity index (χ3n) is 5.62. The Labute approximate surface area is 181 Å². The lowest BCUT2D eigenvalue weighted by molar-refractivity contribution is 0.0997. The van der Waals surface area contributed by atoms with Crippen LogP contribution in [-0.2, 0) is 6.42 Å². The molecule has 1 aliphatic heterocycles. The van der Waals surface area contributed by atoms with E-state index < -0.39 is 5.91 Å². The Hall–Kier alpha value is -3.74. The topological polar surface area (TPSA) is 101 Å². The van der Waals surface area contributed by atoms with Crippen LogP contribution in [0.2, 0.25) is 0 Å². The number of piperidine rings is 1. The Balaban J connectivity index is 1.31. The minimum absolute atomic E-state index is 0.238. The lowest BCUT2D eigenvalue weighted by atomic mass is 9.90. The molecule has 3 aromatic rings. The van der Waals surface area contributed by atoms with Gasteiger partial charge in [-0.1, -0.05) is 30.3 Å². The van der Waals surface area contributed by atoms with Crippen molar-refractivity contribution in [3.05, 3.63) is 83.6 Å². The Morgan fingerprint density at radius 3 is 2.26 bits per heavy atom. The average molecular weight is 415 g/mol. The third-order valence-corrected chi connectivity index (χ3v) is 5.62. The van der Waals surface area contributed by atoms with Crippen LogP contribution < -0.4 is 16.0 Å². The maximum Gasteiger partial charge on any atom is 0.276 e. The number of aromatic nitrogens is 2. The molecule has 7 heteroatoms. The SMILES string of the molecule is NC(=O)c1ccc(NC(=O)c2ccc(N3CCC(Cc4ccccc4)CC3)nn2)cc1. The standard InChI is InChI=1S/C24H25N5O2/c25-23(30)19-6-8-20(9-7-19)26-24(31)21-10-11-22(28-27-21)29-14-12-18(13-15-29)16-17-4-2-1-3-5-17/h1-11,18H,12-16H2,(H2,25,30)(H,26,31). The van der Waals surface area contributed by atoms with Crippen molar-refractivity contribution in [1.82, 2.24) is 10.2 Å². The Kier molecular flexibility index (Phi) is 6.21. The quantitative estimate of drug-likeness (QED) is 0.643. The first-order chi connectivity index (χ1) is 15.1. The van der Waals surface area contributed by atoms with Crippen molar-refractivity contribution in [3.63, 3.8) is 0 Å². The monoisotopic (exact) mass is 415 g/mol. The van der Waals surface area contributed by atoms with Crippen LogP contribution in [0.25, 0.3) is 0 Å². The lowest BCUT2D eigenvalue weighted by Crippen LogP contribution is -2.35. The highest BCUT2D eigenvalue weighted by Gasteiger charge is 2.21. The van der Waals surface area contributed by atoms with Crippen molar-refractivity contribution in [1.29, 1.82) is 0 Å². The van der Waals surface area contributed by atoms with Gasteiger partial charge in [0.1, 0.15) is 0 Å². The highest BCUT2D eigenvalue weighted by Crippen LogP contribution is 2.24. The summed E-state index contributed by atoms with van der Waals surface area (Å²) in [5.74, 6) is 0.606. The van der Waals surface area contributed by atoms with Gasteiger partial charge in [0.25, 0.3) is 5.91 Å². The number of rotatable bonds is 6. The van der Waals surface area contributed by atoms with Crippen LogP contribution in [-0.4, -0.2) is 35.1 Å². The molecule has 0 unspecified atom stereocenters. The van der Waals surface area contributed by atoms with Gasteiger partial charge in [0.15, 0.2) is 11.5 Å². The summed E-state index contributed by atoms with van der Waals surface area (Å²) in [6, 6.07) is 20.5. The van der Waals surface area contributed by atoms with E-state index in [4.69, 9.17) is 5.73 Å². The molecule has 1 aliphatic rings. The summed E-state index contributed by atoms with van der Waals surface area (Å²) in [7, 11) is 0. The van der Waals surface area contributed by atoms with Gasteiger partial charge in [0, 0.05) is 24.3 Å². The molecule has 1 aromatic heterocycles. The van der Waals surface area contributed by atoms with Crippen LogP contribution in [0.1, 0.15) is 39.3 Å². The van der Waals surface area contributed by atoms with Gasteiger partial charge in [-0.3, -0.25) is 9.59 Å². The molecule has 1 saturated heterocycles. The number of carbonyl (C=O) groups excluding carboxylic acids is 2. The van der Waals surface area contributed by atoms with Gasteiger partial charge in [-0.25, -0.2) is 0 Å². The highest BCUT2D eigenvalue weighted by atomic mass is 16.2. The first-order valence-corrected chi connectivity index (χ1v) is 10.4. The van der Waals surface area contributed by atoms with E-state index >= 15 is 0 Å². The molecule has 31 heavy (non-hydrogen) atoms. The second-order valence-electron chi connectivity index (χ2n) is 7.79. The minimum atomic E-state index is -0.511. The molecule has 0 radical (unpaired) electrons. The van der Waals surface area contributed by atoms with E-state index in [2.05, 4.69) is 44.7 Å². The van der Waals surface area contributed by atoms with Crippen LogP contribution in [0.4, 0.5) is 11.5 Å². The van der Waals surface area contributed by atoms with E-state index in [1.165, 1.54) is 5.56 Å². The summed E-state index contributed by atoms with van der Waals surface area (Å²) in [6.07, 6.45) is 3.33. The number of nitrogens with two attached hydrogens (primary N) is 1. The van der Waals surface area contributed by atoms with E-state index in [9.17, 15) is 9.59 Å². The number of hydrogen-bond donors (Lipinski definition) is 2. The van der Waals surface area contributed by atoms with Crippen molar-refractivity contribution in [2.45, 2.75) is 19.3 Å². The fraction of sp³-hybridized carbons (Fsp3) is 0.250. The number of nitrogens with zero attached hydrogens (tertiary/aromatic N) is 3. The van der Waals surface area contributed by atoms with Gasteiger partial charge in [-0.2, -0.15) is 0 Å². The number of amides is 2. The Morgan fingerprint density at radius 2 is 1.65 bits per heavy atom. The lowest BCUT2D eigenvalue weighted by Gasteiger charge is -2.32. The molecule has 0 aliphatic carbocycles. The van der Waals surface area contributed by atoms with Gasteiger partial charge < -0.3 is 16.0 Å². The smallest absolute Gasteiger partial charge is 0.276 e. The number of hydrogen-bond acceptors (Lipinski definition) is 5. The molecule has 2 heterocycles. The molecule has 3 N–H and O–H groups in total. The van der Waals surface area contributed by atoms with Crippen LogP contribution in [0, 0.1) is 5.92 Å².